The second-order valence-electron chi connectivity index (χ2n) is 8.81. The third-order valence-corrected chi connectivity index (χ3v) is 9.44. The molecule has 0 aliphatic rings. The third kappa shape index (κ3) is 11.9. The fourth-order valence-electron chi connectivity index (χ4n) is 3.12. The van der Waals surface area contributed by atoms with Crippen molar-refractivity contribution in [3.8, 4) is 11.5 Å². The van der Waals surface area contributed by atoms with Crippen LogP contribution < -0.4 is 9.47 Å². The molecule has 2 aromatic rings. The van der Waals surface area contributed by atoms with Gasteiger partial charge in [-0.25, -0.2) is 0 Å². The molecule has 42 heavy (non-hydrogen) atoms. The van der Waals surface area contributed by atoms with Crippen molar-refractivity contribution in [2.24, 2.45) is 0 Å². The first-order chi connectivity index (χ1) is 19.7. The Hall–Kier alpha value is -0.930. The van der Waals surface area contributed by atoms with Crippen molar-refractivity contribution in [1.82, 2.24) is 0 Å². The molecule has 0 aliphatic carbocycles. The van der Waals surface area contributed by atoms with Crippen molar-refractivity contribution >= 4 is 103 Å². The molecule has 2 rings (SSSR count). The number of benzene rings is 2. The maximum absolute atomic E-state index is 13.4. The molecule has 0 fully saturated rings. The van der Waals surface area contributed by atoms with Crippen molar-refractivity contribution in [3.63, 3.8) is 0 Å². The van der Waals surface area contributed by atoms with E-state index in [1.807, 2.05) is 0 Å². The molecule has 2 unspecified atom stereocenters. The number of rotatable bonds is 16. The minimum atomic E-state index is -0.594. The quantitative estimate of drug-likeness (QED) is 0.0710. The Kier molecular flexibility index (Phi) is 16.1. The third-order valence-electron chi connectivity index (χ3n) is 5.12. The average molecular weight is 874 g/mol. The molecule has 7 nitrogen and oxygen atoms in total. The van der Waals surface area contributed by atoms with E-state index >= 15 is 0 Å². The number of hydrogen-bond donors (Lipinski definition) is 0. The van der Waals surface area contributed by atoms with Crippen LogP contribution in [0.5, 0.6) is 11.5 Å². The topological polar surface area (TPSA) is 88.1 Å². The molecule has 0 spiro atoms. The molecule has 2 atom stereocenters. The molecule has 0 N–H and O–H groups in total. The van der Waals surface area contributed by atoms with Crippen molar-refractivity contribution in [3.05, 3.63) is 77.6 Å². The fraction of sp³-hybridized carbons (Fsp3) is 0.345. The lowest BCUT2D eigenvalue weighted by Crippen LogP contribution is -2.19. The van der Waals surface area contributed by atoms with Gasteiger partial charge >= 0.3 is 0 Å². The molecular weight excluding hydrogens is 844 g/mol. The van der Waals surface area contributed by atoms with E-state index in [1.54, 1.807) is 52.0 Å². The van der Waals surface area contributed by atoms with Crippen LogP contribution >= 0.6 is 87.2 Å². The van der Waals surface area contributed by atoms with E-state index in [0.717, 1.165) is 23.5 Å². The lowest BCUT2D eigenvalue weighted by atomic mass is 10.0. The van der Waals surface area contributed by atoms with Gasteiger partial charge in [-0.3, -0.25) is 14.4 Å². The zero-order chi connectivity index (χ0) is 31.6. The predicted molar refractivity (Wildman–Crippen MR) is 184 cm³/mol. The summed E-state index contributed by atoms with van der Waals surface area (Å²) < 4.78 is 25.4. The van der Waals surface area contributed by atoms with Gasteiger partial charge in [0, 0.05) is 22.6 Å². The van der Waals surface area contributed by atoms with Crippen LogP contribution in [0, 0.1) is 0 Å². The summed E-state index contributed by atoms with van der Waals surface area (Å²) in [5.74, 6) is 1.70. The number of hydrogen-bond acceptors (Lipinski definition) is 9. The van der Waals surface area contributed by atoms with E-state index in [4.69, 9.17) is 18.9 Å². The van der Waals surface area contributed by atoms with Crippen LogP contribution in [0.1, 0.15) is 43.6 Å². The summed E-state index contributed by atoms with van der Waals surface area (Å²) in [5.41, 5.74) is 1.84. The van der Waals surface area contributed by atoms with Crippen LogP contribution in [-0.2, 0) is 19.1 Å². The first kappa shape index (κ1) is 37.3. The number of carbonyl (C=O) groups is 3. The minimum absolute atomic E-state index is 0.0674. The second-order valence-corrected chi connectivity index (χ2v) is 14.4. The zero-order valence-corrected chi connectivity index (χ0v) is 31.4. The average Bonchev–Trinajstić information content (AvgIpc) is 2.91. The summed E-state index contributed by atoms with van der Waals surface area (Å²) in [6, 6.07) is 6.70. The maximum atomic E-state index is 13.4. The van der Waals surface area contributed by atoms with Crippen molar-refractivity contribution in [1.29, 1.82) is 0 Å². The summed E-state index contributed by atoms with van der Waals surface area (Å²) in [6.07, 6.45) is -1.19. The number of ether oxygens (including phenoxy) is 4. The highest BCUT2D eigenvalue weighted by Crippen LogP contribution is 2.39. The predicted octanol–water partition coefficient (Wildman–Crippen LogP) is 9.12. The monoisotopic (exact) mass is 870 g/mol. The number of halogens is 4. The molecule has 2 aromatic carbocycles. The summed E-state index contributed by atoms with van der Waals surface area (Å²) in [7, 11) is 0. The summed E-state index contributed by atoms with van der Waals surface area (Å²) >= 11 is 16.3. The Bertz CT molecular complexity index is 1200. The SMILES string of the molecule is C=C(C)C(=O)SCCOC(C)Oc1c(Br)cc(C(=O)c2cc(Br)c(OC(C)OCCSC(=O)C(=C)C)c(Br)c2)cc1Br. The van der Waals surface area contributed by atoms with Crippen LogP contribution in [0.4, 0.5) is 0 Å². The van der Waals surface area contributed by atoms with Crippen LogP contribution in [0.15, 0.2) is 66.5 Å². The first-order valence-corrected chi connectivity index (χ1v) is 17.6. The highest BCUT2D eigenvalue weighted by Gasteiger charge is 2.20. The van der Waals surface area contributed by atoms with Gasteiger partial charge in [0.25, 0.3) is 0 Å². The Balaban J connectivity index is 2.02. The van der Waals surface area contributed by atoms with E-state index in [2.05, 4.69) is 76.9 Å². The van der Waals surface area contributed by atoms with Gasteiger partial charge in [0.15, 0.2) is 29.9 Å². The van der Waals surface area contributed by atoms with Crippen molar-refractivity contribution < 1.29 is 33.3 Å². The fourth-order valence-corrected chi connectivity index (χ4v) is 7.09. The Morgan fingerprint density at radius 1 is 0.690 bits per heavy atom. The number of thioether (sulfide) groups is 2. The Morgan fingerprint density at radius 2 is 1.00 bits per heavy atom. The lowest BCUT2D eigenvalue weighted by Gasteiger charge is -2.19. The summed E-state index contributed by atoms with van der Waals surface area (Å²) in [4.78, 5) is 36.7. The Labute approximate surface area is 288 Å². The molecule has 13 heteroatoms. The Morgan fingerprint density at radius 3 is 1.29 bits per heavy atom. The smallest absolute Gasteiger partial charge is 0.214 e. The van der Waals surface area contributed by atoms with Crippen LogP contribution in [0.2, 0.25) is 0 Å². The molecule has 0 amide bonds. The number of carbonyl (C=O) groups excluding carboxylic acids is 3. The highest BCUT2D eigenvalue weighted by atomic mass is 79.9. The van der Waals surface area contributed by atoms with Gasteiger partial charge in [-0.2, -0.15) is 0 Å². The van der Waals surface area contributed by atoms with Crippen LogP contribution in [0.25, 0.3) is 0 Å². The molecule has 0 bridgehead atoms. The van der Waals surface area contributed by atoms with Gasteiger partial charge < -0.3 is 18.9 Å². The van der Waals surface area contributed by atoms with Gasteiger partial charge in [0.1, 0.15) is 0 Å². The van der Waals surface area contributed by atoms with Crippen LogP contribution in [0.3, 0.4) is 0 Å². The zero-order valence-electron chi connectivity index (χ0n) is 23.4. The summed E-state index contributed by atoms with van der Waals surface area (Å²) in [5, 5.41) is -0.135. The van der Waals surface area contributed by atoms with E-state index in [1.165, 1.54) is 0 Å². The molecule has 0 heterocycles. The molecule has 0 aromatic heterocycles. The van der Waals surface area contributed by atoms with Gasteiger partial charge in [-0.05, 0) is 127 Å². The normalized spacial score (nSPS) is 12.4. The van der Waals surface area contributed by atoms with Gasteiger partial charge in [-0.1, -0.05) is 36.7 Å². The first-order valence-electron chi connectivity index (χ1n) is 12.5. The van der Waals surface area contributed by atoms with Gasteiger partial charge in [-0.15, -0.1) is 0 Å². The standard InChI is InChI=1S/C29H30Br4O7S2/c1-15(2)28(35)41-9-7-37-17(5)39-26-21(30)11-19(12-22(26)31)25(34)20-13-23(32)27(24(33)14-20)40-18(6)38-8-10-42-29(36)16(3)4/h11-14,17-18H,1,3,7-10H2,2,4-6H3. The van der Waals surface area contributed by atoms with E-state index in [-0.39, 0.29) is 16.0 Å². The molecule has 0 radical (unpaired) electrons. The van der Waals surface area contributed by atoms with Crippen molar-refractivity contribution in [2.75, 3.05) is 24.7 Å². The molecule has 0 saturated heterocycles. The number of ketones is 1. The highest BCUT2D eigenvalue weighted by molar-refractivity contribution is 9.11. The van der Waals surface area contributed by atoms with E-state index < -0.39 is 12.6 Å². The van der Waals surface area contributed by atoms with Crippen LogP contribution in [-0.4, -0.2) is 53.3 Å². The lowest BCUT2D eigenvalue weighted by molar-refractivity contribution is -0.108. The van der Waals surface area contributed by atoms with E-state index in [9.17, 15) is 14.4 Å². The molecular formula is C29H30Br4O7S2. The van der Waals surface area contributed by atoms with Gasteiger partial charge in [0.05, 0.1) is 31.1 Å². The second kappa shape index (κ2) is 18.1. The minimum Gasteiger partial charge on any atom is -0.463 e. The molecule has 228 valence electrons. The van der Waals surface area contributed by atoms with Gasteiger partial charge in [0.2, 0.25) is 10.2 Å². The molecule has 0 saturated carbocycles. The molecule has 0 aliphatic heterocycles. The largest absolute Gasteiger partial charge is 0.463 e. The van der Waals surface area contributed by atoms with E-state index in [0.29, 0.717) is 76.4 Å². The maximum Gasteiger partial charge on any atom is 0.214 e. The summed E-state index contributed by atoms with van der Waals surface area (Å²) in [6.45, 7) is 14.7. The van der Waals surface area contributed by atoms with Crippen molar-refractivity contribution in [2.45, 2.75) is 40.3 Å².